The van der Waals surface area contributed by atoms with Crippen molar-refractivity contribution in [2.45, 2.75) is 18.4 Å². The molecule has 1 saturated heterocycles. The van der Waals surface area contributed by atoms with Crippen LogP contribution in [-0.4, -0.2) is 18.5 Å². The summed E-state index contributed by atoms with van der Waals surface area (Å²) in [5, 5.41) is 2.42. The fourth-order valence-corrected chi connectivity index (χ4v) is 1.29. The first kappa shape index (κ1) is 4.68. The molecule has 0 aromatic rings. The van der Waals surface area contributed by atoms with Gasteiger partial charge in [-0.1, -0.05) is 0 Å². The fourth-order valence-electron chi connectivity index (χ4n) is 1.29. The third kappa shape index (κ3) is 0.344. The summed E-state index contributed by atoms with van der Waals surface area (Å²) in [6.45, 7) is 0.525. The molecule has 8 heavy (non-hydrogen) atoms. The smallest absolute Gasteiger partial charge is 0.185 e. The maximum atomic E-state index is 12.6. The second-order valence-electron chi connectivity index (χ2n) is 2.60. The van der Waals surface area contributed by atoms with E-state index in [-0.39, 0.29) is 5.92 Å². The lowest BCUT2D eigenvalue weighted by Gasteiger charge is -2.04. The molecule has 2 aliphatic rings. The van der Waals surface area contributed by atoms with Crippen LogP contribution in [0.4, 0.5) is 8.78 Å². The number of fused-ring (bicyclic) bond motifs is 1. The molecule has 1 saturated carbocycles. The van der Waals surface area contributed by atoms with E-state index in [2.05, 4.69) is 5.32 Å². The van der Waals surface area contributed by atoms with Gasteiger partial charge in [0.25, 0.3) is 0 Å². The summed E-state index contributed by atoms with van der Waals surface area (Å²) in [6, 6.07) is 0. The van der Waals surface area contributed by atoms with Gasteiger partial charge in [0.05, 0.1) is 0 Å². The second-order valence-corrected chi connectivity index (χ2v) is 2.60. The largest absolute Gasteiger partial charge is 0.285 e. The molecule has 3 unspecified atom stereocenters. The minimum Gasteiger partial charge on any atom is -0.285 e. The van der Waals surface area contributed by atoms with Crippen LogP contribution in [0, 0.1) is 5.92 Å². The summed E-state index contributed by atoms with van der Waals surface area (Å²) in [4.78, 5) is 0. The fraction of sp³-hybridized carbons (Fsp3) is 1.00. The van der Waals surface area contributed by atoms with Gasteiger partial charge >= 0.3 is 0 Å². The van der Waals surface area contributed by atoms with Gasteiger partial charge in [0.15, 0.2) is 12.0 Å². The van der Waals surface area contributed by atoms with Gasteiger partial charge in [-0.05, 0) is 6.42 Å². The van der Waals surface area contributed by atoms with Gasteiger partial charge in [0.2, 0.25) is 0 Å². The van der Waals surface area contributed by atoms with E-state index < -0.39 is 12.0 Å². The van der Waals surface area contributed by atoms with E-state index in [1.807, 2.05) is 0 Å². The van der Waals surface area contributed by atoms with Crippen LogP contribution in [0.3, 0.4) is 0 Å². The molecule has 1 nitrogen and oxygen atoms in total. The van der Waals surface area contributed by atoms with Crippen molar-refractivity contribution in [3.8, 4) is 0 Å². The van der Waals surface area contributed by atoms with E-state index in [0.717, 1.165) is 0 Å². The van der Waals surface area contributed by atoms with Gasteiger partial charge in [-0.2, -0.15) is 0 Å². The van der Waals surface area contributed by atoms with Crippen molar-refractivity contribution in [2.24, 2.45) is 5.92 Å². The summed E-state index contributed by atoms with van der Waals surface area (Å²) in [7, 11) is 0. The minimum absolute atomic E-state index is 0.0162. The summed E-state index contributed by atoms with van der Waals surface area (Å²) < 4.78 is 24.9. The first-order valence-electron chi connectivity index (χ1n) is 2.80. The average molecular weight is 119 g/mol. The molecule has 0 aromatic carbocycles. The van der Waals surface area contributed by atoms with E-state index in [1.165, 1.54) is 0 Å². The molecule has 0 bridgehead atoms. The highest BCUT2D eigenvalue weighted by Crippen LogP contribution is 2.53. The highest BCUT2D eigenvalue weighted by atomic mass is 19.2. The van der Waals surface area contributed by atoms with Crippen molar-refractivity contribution >= 4 is 0 Å². The van der Waals surface area contributed by atoms with Crippen LogP contribution < -0.4 is 5.32 Å². The number of hydrogen-bond donors (Lipinski definition) is 1. The lowest BCUT2D eigenvalue weighted by atomic mass is 10.3. The van der Waals surface area contributed by atoms with E-state index in [0.29, 0.717) is 13.0 Å². The van der Waals surface area contributed by atoms with Crippen LogP contribution in [0.15, 0.2) is 0 Å². The van der Waals surface area contributed by atoms with Crippen LogP contribution in [0.1, 0.15) is 6.42 Å². The second kappa shape index (κ2) is 1.05. The average Bonchev–Trinajstić information content (AvgIpc) is 2.31. The first-order chi connectivity index (χ1) is 3.73. The maximum absolute atomic E-state index is 12.6. The highest BCUT2D eigenvalue weighted by molar-refractivity contribution is 5.13. The van der Waals surface area contributed by atoms with Crippen molar-refractivity contribution < 1.29 is 8.78 Å². The van der Waals surface area contributed by atoms with Crippen molar-refractivity contribution in [2.75, 3.05) is 6.54 Å². The van der Waals surface area contributed by atoms with E-state index >= 15 is 0 Å². The highest BCUT2D eigenvalue weighted by Gasteiger charge is 2.65. The normalized spacial score (nSPS) is 60.8. The third-order valence-corrected chi connectivity index (χ3v) is 2.04. The Labute approximate surface area is 46.1 Å². The molecule has 2 fully saturated rings. The van der Waals surface area contributed by atoms with Gasteiger partial charge < -0.3 is 0 Å². The van der Waals surface area contributed by atoms with Crippen molar-refractivity contribution in [1.82, 2.24) is 5.32 Å². The lowest BCUT2D eigenvalue weighted by Crippen LogP contribution is -2.27. The summed E-state index contributed by atoms with van der Waals surface area (Å²) in [5.74, 6) is -0.0162. The number of rotatable bonds is 0. The van der Waals surface area contributed by atoms with E-state index in [4.69, 9.17) is 0 Å². The predicted octanol–water partition coefficient (Wildman–Crippen LogP) is 0.613. The zero-order valence-electron chi connectivity index (χ0n) is 4.32. The van der Waals surface area contributed by atoms with Crippen LogP contribution in [0.5, 0.6) is 0 Å². The predicted molar refractivity (Wildman–Crippen MR) is 24.8 cm³/mol. The SMILES string of the molecule is FC1NCC2CC21F. The number of hydrogen-bond acceptors (Lipinski definition) is 1. The van der Waals surface area contributed by atoms with Gasteiger partial charge in [-0.15, -0.1) is 0 Å². The van der Waals surface area contributed by atoms with Crippen LogP contribution in [0.25, 0.3) is 0 Å². The summed E-state index contributed by atoms with van der Waals surface area (Å²) in [5.41, 5.74) is -1.46. The number of halogens is 2. The van der Waals surface area contributed by atoms with Crippen molar-refractivity contribution in [3.05, 3.63) is 0 Å². The van der Waals surface area contributed by atoms with Crippen LogP contribution in [0.2, 0.25) is 0 Å². The van der Waals surface area contributed by atoms with E-state index in [9.17, 15) is 8.78 Å². The Balaban J connectivity index is 2.19. The monoisotopic (exact) mass is 119 g/mol. The van der Waals surface area contributed by atoms with E-state index in [1.54, 1.807) is 0 Å². The van der Waals surface area contributed by atoms with Gasteiger partial charge in [0, 0.05) is 12.5 Å². The molecule has 1 aliphatic heterocycles. The third-order valence-electron chi connectivity index (χ3n) is 2.04. The van der Waals surface area contributed by atoms with Crippen molar-refractivity contribution in [1.29, 1.82) is 0 Å². The summed E-state index contributed by atoms with van der Waals surface area (Å²) in [6.07, 6.45) is -0.950. The Hall–Kier alpha value is -0.180. The molecule has 1 aliphatic carbocycles. The summed E-state index contributed by atoms with van der Waals surface area (Å²) >= 11 is 0. The minimum atomic E-state index is -1.46. The van der Waals surface area contributed by atoms with Crippen LogP contribution in [-0.2, 0) is 0 Å². The quantitative estimate of drug-likeness (QED) is 0.461. The molecule has 1 heterocycles. The number of piperidine rings is 1. The lowest BCUT2D eigenvalue weighted by molar-refractivity contribution is 0.141. The number of alkyl halides is 2. The molecular formula is C5H7F2N. The standard InChI is InChI=1S/C5H7F2N/c6-4-5(7)1-3(5)2-8-4/h3-4,8H,1-2H2. The molecule has 1 N–H and O–H groups in total. The van der Waals surface area contributed by atoms with Crippen molar-refractivity contribution in [3.63, 3.8) is 0 Å². The molecule has 0 radical (unpaired) electrons. The topological polar surface area (TPSA) is 12.0 Å². The molecule has 3 atom stereocenters. The maximum Gasteiger partial charge on any atom is 0.185 e. The Morgan fingerprint density at radius 1 is 1.62 bits per heavy atom. The van der Waals surface area contributed by atoms with Gasteiger partial charge in [-0.25, -0.2) is 8.78 Å². The zero-order valence-corrected chi connectivity index (χ0v) is 4.32. The Morgan fingerprint density at radius 2 is 2.38 bits per heavy atom. The molecule has 46 valence electrons. The molecule has 0 amide bonds. The van der Waals surface area contributed by atoms with Gasteiger partial charge in [-0.3, -0.25) is 5.32 Å². The Kier molecular flexibility index (Phi) is 0.615. The molecular weight excluding hydrogens is 112 g/mol. The molecule has 2 rings (SSSR count). The molecule has 3 heteroatoms. The molecule has 0 aromatic heterocycles. The Morgan fingerprint density at radius 3 is 2.50 bits per heavy atom. The first-order valence-corrected chi connectivity index (χ1v) is 2.80. The Bertz CT molecular complexity index is 126. The zero-order chi connectivity index (χ0) is 5.78. The van der Waals surface area contributed by atoms with Crippen LogP contribution >= 0.6 is 0 Å². The molecule has 0 spiro atoms. The number of nitrogens with one attached hydrogen (secondary N) is 1. The van der Waals surface area contributed by atoms with Gasteiger partial charge in [0.1, 0.15) is 0 Å².